The first-order valence-electron chi connectivity index (χ1n) is 14.9. The predicted octanol–water partition coefficient (Wildman–Crippen LogP) is 6.34. The van der Waals surface area contributed by atoms with Crippen LogP contribution in [0.1, 0.15) is 90.0 Å². The number of carbonyl (C=O) groups excluding carboxylic acids is 2. The fourth-order valence-corrected chi connectivity index (χ4v) is 6.03. The molecule has 2 saturated heterocycles. The highest BCUT2D eigenvalue weighted by molar-refractivity contribution is 5.68. The molecule has 0 unspecified atom stereocenters. The zero-order valence-corrected chi connectivity index (χ0v) is 25.5. The second-order valence-corrected chi connectivity index (χ2v) is 12.2. The minimum absolute atomic E-state index is 0.0790. The van der Waals surface area contributed by atoms with Gasteiger partial charge in [-0.15, -0.1) is 6.58 Å². The van der Waals surface area contributed by atoms with Crippen LogP contribution in [-0.4, -0.2) is 74.1 Å². The van der Waals surface area contributed by atoms with E-state index < -0.39 is 5.60 Å². The highest BCUT2D eigenvalue weighted by Crippen LogP contribution is 2.51. The summed E-state index contributed by atoms with van der Waals surface area (Å²) >= 11 is 0. The van der Waals surface area contributed by atoms with E-state index in [1.807, 2.05) is 50.9 Å². The molecule has 1 amide bonds. The Morgan fingerprint density at radius 3 is 2.27 bits per heavy atom. The first kappa shape index (κ1) is 33.8. The van der Waals surface area contributed by atoms with Crippen LogP contribution in [0, 0.1) is 11.2 Å². The summed E-state index contributed by atoms with van der Waals surface area (Å²) < 4.78 is 20.0. The molecule has 3 N–H and O–H groups in total. The van der Waals surface area contributed by atoms with Gasteiger partial charge in [-0.3, -0.25) is 0 Å². The van der Waals surface area contributed by atoms with Crippen molar-refractivity contribution in [3.8, 4) is 0 Å². The smallest absolute Gasteiger partial charge is 0.410 e. The third-order valence-corrected chi connectivity index (χ3v) is 8.32. The SMILES string of the molecule is C=CCCCC=O.CN.CNc1ccc(C2CCN(C3CC4(CCN(C(=O)OC(C)(C)C)CC4)C3)CC2)c(F)c1. The number of aldehydes is 1. The minimum atomic E-state index is -0.433. The molecule has 0 aromatic heterocycles. The molecule has 1 aromatic rings. The zero-order chi connectivity index (χ0) is 29.8. The van der Waals surface area contributed by atoms with Gasteiger partial charge in [-0.25, -0.2) is 9.18 Å². The fraction of sp³-hybridized carbons (Fsp3) is 0.688. The van der Waals surface area contributed by atoms with Gasteiger partial charge in [-0.2, -0.15) is 0 Å². The molecule has 1 saturated carbocycles. The Hall–Kier alpha value is -2.45. The number of piperidine rings is 2. The molecule has 0 atom stereocenters. The highest BCUT2D eigenvalue weighted by atomic mass is 19.1. The number of rotatable bonds is 7. The van der Waals surface area contributed by atoms with Crippen molar-refractivity contribution in [2.45, 2.75) is 96.1 Å². The van der Waals surface area contributed by atoms with E-state index in [9.17, 15) is 14.0 Å². The van der Waals surface area contributed by atoms with Gasteiger partial charge in [0.2, 0.25) is 0 Å². The van der Waals surface area contributed by atoms with Crippen LogP contribution in [-0.2, 0) is 9.53 Å². The summed E-state index contributed by atoms with van der Waals surface area (Å²) in [6.45, 7) is 13.0. The number of hydrogen-bond donors (Lipinski definition) is 2. The summed E-state index contributed by atoms with van der Waals surface area (Å²) in [4.78, 5) is 26.5. The number of hydrogen-bond acceptors (Lipinski definition) is 6. The van der Waals surface area contributed by atoms with Crippen LogP contribution < -0.4 is 11.1 Å². The molecule has 1 aromatic carbocycles. The fourth-order valence-electron chi connectivity index (χ4n) is 6.03. The van der Waals surface area contributed by atoms with Crippen molar-refractivity contribution in [1.82, 2.24) is 9.80 Å². The van der Waals surface area contributed by atoms with Gasteiger partial charge < -0.3 is 30.4 Å². The Bertz CT molecular complexity index is 917. The molecular formula is C32H53FN4O3. The predicted molar refractivity (Wildman–Crippen MR) is 162 cm³/mol. The summed E-state index contributed by atoms with van der Waals surface area (Å²) in [5, 5.41) is 3.01. The lowest BCUT2D eigenvalue weighted by Crippen LogP contribution is -2.57. The molecule has 3 fully saturated rings. The van der Waals surface area contributed by atoms with E-state index in [2.05, 4.69) is 22.5 Å². The molecule has 2 heterocycles. The molecule has 8 heteroatoms. The van der Waals surface area contributed by atoms with Crippen molar-refractivity contribution >= 4 is 18.1 Å². The Labute approximate surface area is 241 Å². The molecule has 40 heavy (non-hydrogen) atoms. The number of carbonyl (C=O) groups is 2. The molecule has 0 bridgehead atoms. The molecule has 1 spiro atoms. The number of halogens is 1. The number of allylic oxidation sites excluding steroid dienone is 1. The molecule has 1 aliphatic carbocycles. The number of ether oxygens (including phenoxy) is 1. The van der Waals surface area contributed by atoms with E-state index in [4.69, 9.17) is 4.74 Å². The first-order chi connectivity index (χ1) is 19.1. The van der Waals surface area contributed by atoms with Crippen LogP contribution in [0.3, 0.4) is 0 Å². The number of nitrogens with two attached hydrogens (primary N) is 1. The Kier molecular flexibility index (Phi) is 13.6. The molecule has 3 aliphatic rings. The van der Waals surface area contributed by atoms with Gasteiger partial charge in [0.15, 0.2) is 0 Å². The van der Waals surface area contributed by atoms with Gasteiger partial charge in [0, 0.05) is 38.3 Å². The summed E-state index contributed by atoms with van der Waals surface area (Å²) in [6, 6.07) is 6.20. The maximum Gasteiger partial charge on any atom is 0.410 e. The second kappa shape index (κ2) is 16.1. The van der Waals surface area contributed by atoms with Crippen molar-refractivity contribution in [2.75, 3.05) is 45.6 Å². The minimum Gasteiger partial charge on any atom is -0.444 e. The maximum atomic E-state index is 14.5. The van der Waals surface area contributed by atoms with Gasteiger partial charge in [0.25, 0.3) is 0 Å². The van der Waals surface area contributed by atoms with Gasteiger partial charge in [-0.1, -0.05) is 12.1 Å². The number of anilines is 1. The lowest BCUT2D eigenvalue weighted by Gasteiger charge is -2.56. The molecule has 7 nitrogen and oxygen atoms in total. The van der Waals surface area contributed by atoms with E-state index >= 15 is 0 Å². The lowest BCUT2D eigenvalue weighted by molar-refractivity contribution is -0.107. The largest absolute Gasteiger partial charge is 0.444 e. The van der Waals surface area contributed by atoms with Crippen molar-refractivity contribution < 1.29 is 18.7 Å². The standard InChI is InChI=1S/C25H38FN3O2.C6H10O.CH5N/c1-24(2,3)31-23(30)29-13-9-25(10-14-29)16-20(17-25)28-11-7-18(8-12-28)21-6-5-19(27-4)15-22(21)26;1-2-3-4-5-6-7;1-2/h5-6,15,18,20,27H,7-14,16-17H2,1-4H3;2,6H,1,3-5H2;2H2,1H3. The molecule has 4 rings (SSSR count). The van der Waals surface area contributed by atoms with Crippen molar-refractivity contribution in [2.24, 2.45) is 11.1 Å². The molecule has 2 aliphatic heterocycles. The number of unbranched alkanes of at least 4 members (excludes halogenated alkanes) is 2. The lowest BCUT2D eigenvalue weighted by atomic mass is 9.59. The summed E-state index contributed by atoms with van der Waals surface area (Å²) in [6.07, 6.45) is 11.9. The van der Waals surface area contributed by atoms with Crippen LogP contribution in [0.25, 0.3) is 0 Å². The maximum absolute atomic E-state index is 14.5. The van der Waals surface area contributed by atoms with E-state index in [1.54, 1.807) is 6.07 Å². The second-order valence-electron chi connectivity index (χ2n) is 12.2. The van der Waals surface area contributed by atoms with E-state index in [0.717, 1.165) is 82.2 Å². The topological polar surface area (TPSA) is 87.9 Å². The average Bonchev–Trinajstić information content (AvgIpc) is 2.93. The molecule has 226 valence electrons. The summed E-state index contributed by atoms with van der Waals surface area (Å²) in [5.41, 5.74) is 6.18. The van der Waals surface area contributed by atoms with Gasteiger partial charge >= 0.3 is 6.09 Å². The Morgan fingerprint density at radius 1 is 1.15 bits per heavy atom. The monoisotopic (exact) mass is 560 g/mol. The zero-order valence-electron chi connectivity index (χ0n) is 25.5. The van der Waals surface area contributed by atoms with E-state index in [0.29, 0.717) is 23.8 Å². The normalized spacial score (nSPS) is 19.3. The Morgan fingerprint density at radius 2 is 1.77 bits per heavy atom. The van der Waals surface area contributed by atoms with Crippen LogP contribution in [0.4, 0.5) is 14.9 Å². The number of nitrogens with one attached hydrogen (secondary N) is 1. The number of benzene rings is 1. The summed E-state index contributed by atoms with van der Waals surface area (Å²) in [7, 11) is 3.32. The number of nitrogens with zero attached hydrogens (tertiary/aromatic N) is 2. The molecule has 0 radical (unpaired) electrons. The average molecular weight is 561 g/mol. The number of likely N-dealkylation sites (tertiary alicyclic amines) is 2. The van der Waals surface area contributed by atoms with E-state index in [-0.39, 0.29) is 11.9 Å². The van der Waals surface area contributed by atoms with Gasteiger partial charge in [0.1, 0.15) is 17.7 Å². The van der Waals surface area contributed by atoms with Gasteiger partial charge in [0.05, 0.1) is 0 Å². The highest BCUT2D eigenvalue weighted by Gasteiger charge is 2.48. The van der Waals surface area contributed by atoms with Crippen LogP contribution in [0.2, 0.25) is 0 Å². The van der Waals surface area contributed by atoms with Crippen molar-refractivity contribution in [1.29, 1.82) is 0 Å². The van der Waals surface area contributed by atoms with Crippen LogP contribution in [0.15, 0.2) is 30.9 Å². The number of amides is 1. The van der Waals surface area contributed by atoms with E-state index in [1.165, 1.54) is 19.9 Å². The molecular weight excluding hydrogens is 507 g/mol. The van der Waals surface area contributed by atoms with Crippen molar-refractivity contribution in [3.63, 3.8) is 0 Å². The third kappa shape index (κ3) is 9.88. The third-order valence-electron chi connectivity index (χ3n) is 8.32. The van der Waals surface area contributed by atoms with Gasteiger partial charge in [-0.05, 0) is 121 Å². The van der Waals surface area contributed by atoms with Crippen LogP contribution in [0.5, 0.6) is 0 Å². The summed E-state index contributed by atoms with van der Waals surface area (Å²) in [5.74, 6) is 0.248. The Balaban J connectivity index is 0.000000545. The van der Waals surface area contributed by atoms with Crippen LogP contribution >= 0.6 is 0 Å². The van der Waals surface area contributed by atoms with Crippen molar-refractivity contribution in [3.05, 3.63) is 42.2 Å². The first-order valence-corrected chi connectivity index (χ1v) is 14.9. The quantitative estimate of drug-likeness (QED) is 0.230.